The smallest absolute Gasteiger partial charge is 0.428 e. The largest absolute Gasteiger partial charge is 0.461 e. The summed E-state index contributed by atoms with van der Waals surface area (Å²) in [6, 6.07) is 17.5. The van der Waals surface area contributed by atoms with Crippen molar-refractivity contribution < 1.29 is 27.1 Å². The SMILES string of the molecule is O=C(N[C@@H]1C[C@@H]2CC[C@@H]1C2)N[C@](Cc1ccccc1)(c1cccc(OC(F)(F)C(F)F)c1)c1ccc(Cl)cn1. The number of amides is 2. The zero-order valence-electron chi connectivity index (χ0n) is 20.9. The molecule has 0 aliphatic heterocycles. The Morgan fingerprint density at radius 1 is 1.05 bits per heavy atom. The van der Waals surface area contributed by atoms with Gasteiger partial charge in [-0.2, -0.15) is 17.6 Å². The molecule has 5 rings (SSSR count). The number of ether oxygens (including phenoxy) is 1. The predicted octanol–water partition coefficient (Wildman–Crippen LogP) is 6.95. The van der Waals surface area contributed by atoms with E-state index < -0.39 is 29.9 Å². The molecule has 2 amide bonds. The number of benzene rings is 2. The van der Waals surface area contributed by atoms with Crippen LogP contribution in [-0.4, -0.2) is 29.6 Å². The Morgan fingerprint density at radius 2 is 1.85 bits per heavy atom. The molecule has 3 aromatic rings. The Bertz CT molecular complexity index is 1300. The first kappa shape index (κ1) is 27.2. The maximum Gasteiger partial charge on any atom is 0.461 e. The highest BCUT2D eigenvalue weighted by molar-refractivity contribution is 6.30. The number of aromatic nitrogens is 1. The number of hydrogen-bond donors (Lipinski definition) is 2. The Morgan fingerprint density at radius 3 is 2.49 bits per heavy atom. The molecule has 0 radical (unpaired) electrons. The van der Waals surface area contributed by atoms with Crippen molar-refractivity contribution in [2.24, 2.45) is 11.8 Å². The van der Waals surface area contributed by atoms with Gasteiger partial charge in [-0.15, -0.1) is 0 Å². The van der Waals surface area contributed by atoms with Crippen molar-refractivity contribution in [3.63, 3.8) is 0 Å². The van der Waals surface area contributed by atoms with E-state index in [1.54, 1.807) is 18.2 Å². The van der Waals surface area contributed by atoms with Gasteiger partial charge in [-0.1, -0.05) is 60.5 Å². The van der Waals surface area contributed by atoms with E-state index in [4.69, 9.17) is 11.6 Å². The van der Waals surface area contributed by atoms with Crippen LogP contribution in [0.5, 0.6) is 5.75 Å². The molecule has 2 aromatic carbocycles. The topological polar surface area (TPSA) is 63.2 Å². The molecule has 2 fully saturated rings. The zero-order valence-corrected chi connectivity index (χ0v) is 21.7. The van der Waals surface area contributed by atoms with E-state index in [1.807, 2.05) is 30.3 Å². The second kappa shape index (κ2) is 11.0. The van der Waals surface area contributed by atoms with Crippen LogP contribution < -0.4 is 15.4 Å². The lowest BCUT2D eigenvalue weighted by Crippen LogP contribution is -2.55. The molecular weight excluding hydrogens is 534 g/mol. The van der Waals surface area contributed by atoms with Gasteiger partial charge in [0.05, 0.1) is 10.7 Å². The Labute approximate surface area is 228 Å². The van der Waals surface area contributed by atoms with Crippen molar-refractivity contribution >= 4 is 17.6 Å². The third-order valence-electron chi connectivity index (χ3n) is 7.69. The monoisotopic (exact) mass is 561 g/mol. The molecule has 1 heterocycles. The number of carbonyl (C=O) groups is 1. The number of carbonyl (C=O) groups excluding carboxylic acids is 1. The van der Waals surface area contributed by atoms with Crippen molar-refractivity contribution in [3.8, 4) is 5.75 Å². The average molecular weight is 562 g/mol. The molecule has 0 saturated heterocycles. The molecule has 2 N–H and O–H groups in total. The van der Waals surface area contributed by atoms with Crippen LogP contribution in [0.1, 0.15) is 42.5 Å². The molecular formula is C29H28ClF4N3O2. The van der Waals surface area contributed by atoms with E-state index in [-0.39, 0.29) is 12.5 Å². The quantitative estimate of drug-likeness (QED) is 0.278. The summed E-state index contributed by atoms with van der Waals surface area (Å²) in [7, 11) is 0. The Balaban J connectivity index is 1.57. The van der Waals surface area contributed by atoms with Crippen LogP contribution in [0.15, 0.2) is 72.9 Å². The fraction of sp³-hybridized carbons (Fsp3) is 0.379. The summed E-state index contributed by atoms with van der Waals surface area (Å²) in [4.78, 5) is 18.1. The normalized spacial score (nSPS) is 21.9. The molecule has 4 atom stereocenters. The highest BCUT2D eigenvalue weighted by Crippen LogP contribution is 2.44. The molecule has 0 spiro atoms. The van der Waals surface area contributed by atoms with Gasteiger partial charge in [-0.3, -0.25) is 4.98 Å². The van der Waals surface area contributed by atoms with Gasteiger partial charge in [0, 0.05) is 18.7 Å². The molecule has 0 unspecified atom stereocenters. The van der Waals surface area contributed by atoms with Gasteiger partial charge in [0.25, 0.3) is 0 Å². The van der Waals surface area contributed by atoms with Crippen molar-refractivity contribution in [1.82, 2.24) is 15.6 Å². The molecule has 10 heteroatoms. The minimum atomic E-state index is -4.69. The van der Waals surface area contributed by atoms with Gasteiger partial charge in [0.2, 0.25) is 0 Å². The van der Waals surface area contributed by atoms with E-state index in [9.17, 15) is 22.4 Å². The molecule has 39 heavy (non-hydrogen) atoms. The summed E-state index contributed by atoms with van der Waals surface area (Å²) in [5.74, 6) is 0.559. The Kier molecular flexibility index (Phi) is 7.71. The molecule has 5 nitrogen and oxygen atoms in total. The summed E-state index contributed by atoms with van der Waals surface area (Å²) < 4.78 is 57.8. The highest BCUT2D eigenvalue weighted by Gasteiger charge is 2.45. The van der Waals surface area contributed by atoms with E-state index in [1.165, 1.54) is 24.8 Å². The fourth-order valence-electron chi connectivity index (χ4n) is 5.90. The number of nitrogens with zero attached hydrogens (tertiary/aromatic N) is 1. The molecule has 2 saturated carbocycles. The number of fused-ring (bicyclic) bond motifs is 2. The summed E-state index contributed by atoms with van der Waals surface area (Å²) in [6.07, 6.45) is -2.84. The van der Waals surface area contributed by atoms with Crippen LogP contribution in [0, 0.1) is 11.8 Å². The number of alkyl halides is 4. The second-order valence-electron chi connectivity index (χ2n) is 10.3. The number of pyridine rings is 1. The van der Waals surface area contributed by atoms with Crippen molar-refractivity contribution in [2.75, 3.05) is 0 Å². The van der Waals surface area contributed by atoms with E-state index in [2.05, 4.69) is 20.4 Å². The molecule has 1 aromatic heterocycles. The predicted molar refractivity (Wildman–Crippen MR) is 139 cm³/mol. The van der Waals surface area contributed by atoms with Crippen molar-refractivity contribution in [3.05, 3.63) is 94.8 Å². The molecule has 2 aliphatic carbocycles. The zero-order chi connectivity index (χ0) is 27.6. The first-order chi connectivity index (χ1) is 18.6. The maximum atomic E-state index is 13.8. The number of urea groups is 1. The number of halogens is 5. The van der Waals surface area contributed by atoms with Crippen LogP contribution in [0.3, 0.4) is 0 Å². The summed E-state index contributed by atoms with van der Waals surface area (Å²) in [6.45, 7) is 0. The lowest BCUT2D eigenvalue weighted by Gasteiger charge is -2.36. The van der Waals surface area contributed by atoms with Crippen LogP contribution in [0.4, 0.5) is 22.4 Å². The number of nitrogens with one attached hydrogen (secondary N) is 2. The fourth-order valence-corrected chi connectivity index (χ4v) is 6.01. The Hall–Kier alpha value is -3.33. The third kappa shape index (κ3) is 5.98. The van der Waals surface area contributed by atoms with Gasteiger partial charge in [-0.05, 0) is 66.5 Å². The lowest BCUT2D eigenvalue weighted by atomic mass is 9.80. The van der Waals surface area contributed by atoms with E-state index in [0.717, 1.165) is 30.9 Å². The lowest BCUT2D eigenvalue weighted by molar-refractivity contribution is -0.253. The molecule has 206 valence electrons. The minimum Gasteiger partial charge on any atom is -0.428 e. The minimum absolute atomic E-state index is 0.0377. The molecule has 2 aliphatic rings. The van der Waals surface area contributed by atoms with Crippen molar-refractivity contribution in [1.29, 1.82) is 0 Å². The number of rotatable bonds is 9. The van der Waals surface area contributed by atoms with E-state index >= 15 is 0 Å². The van der Waals surface area contributed by atoms with Gasteiger partial charge < -0.3 is 15.4 Å². The van der Waals surface area contributed by atoms with Crippen LogP contribution in [0.25, 0.3) is 0 Å². The van der Waals surface area contributed by atoms with Gasteiger partial charge in [-0.25, -0.2) is 4.79 Å². The highest BCUT2D eigenvalue weighted by atomic mass is 35.5. The first-order valence-corrected chi connectivity index (χ1v) is 13.2. The average Bonchev–Trinajstić information content (AvgIpc) is 3.52. The van der Waals surface area contributed by atoms with Crippen molar-refractivity contribution in [2.45, 2.75) is 56.2 Å². The number of hydrogen-bond acceptors (Lipinski definition) is 3. The van der Waals surface area contributed by atoms with Crippen LogP contribution in [-0.2, 0) is 12.0 Å². The van der Waals surface area contributed by atoms with Gasteiger partial charge >= 0.3 is 18.6 Å². The second-order valence-corrected chi connectivity index (χ2v) is 10.7. The van der Waals surface area contributed by atoms with Crippen LogP contribution in [0.2, 0.25) is 5.02 Å². The summed E-state index contributed by atoms with van der Waals surface area (Å²) in [5, 5.41) is 6.57. The van der Waals surface area contributed by atoms with Gasteiger partial charge in [0.15, 0.2) is 0 Å². The molecule has 2 bridgehead atoms. The van der Waals surface area contributed by atoms with Crippen LogP contribution >= 0.6 is 11.6 Å². The van der Waals surface area contributed by atoms with Gasteiger partial charge in [0.1, 0.15) is 11.3 Å². The first-order valence-electron chi connectivity index (χ1n) is 12.8. The van der Waals surface area contributed by atoms with E-state index in [0.29, 0.717) is 28.1 Å². The maximum absolute atomic E-state index is 13.8. The standard InChI is InChI=1S/C29H28ClF4N3O2/c30-22-11-12-25(35-17-22)28(16-18-5-2-1-3-6-18,37-27(38)36-24-14-19-9-10-20(24)13-19)21-7-4-8-23(15-21)39-29(33,34)26(31)32/h1-8,11-12,15,17,19-20,24,26H,9-10,13-14,16H2,(H2,36,37,38)/t19-,20-,24-,28-/m1/s1. The summed E-state index contributed by atoms with van der Waals surface area (Å²) >= 11 is 6.11. The summed E-state index contributed by atoms with van der Waals surface area (Å²) in [5.41, 5.74) is 0.148. The third-order valence-corrected chi connectivity index (χ3v) is 7.92.